The van der Waals surface area contributed by atoms with Crippen molar-refractivity contribution >= 4 is 11.9 Å². The molecule has 0 radical (unpaired) electrons. The lowest BCUT2D eigenvalue weighted by molar-refractivity contribution is -0.175. The zero-order valence-electron chi connectivity index (χ0n) is 23.2. The first kappa shape index (κ1) is 27.9. The number of carbonyl (C=O) groups excluding carboxylic acids is 2. The summed E-state index contributed by atoms with van der Waals surface area (Å²) in [7, 11) is 0. The minimum absolute atomic E-state index is 0.109. The van der Waals surface area contributed by atoms with Crippen LogP contribution in [0.4, 0.5) is 0 Å². The summed E-state index contributed by atoms with van der Waals surface area (Å²) in [5.74, 6) is 2.19. The van der Waals surface area contributed by atoms with Crippen LogP contribution in [-0.4, -0.2) is 47.1 Å². The number of hydrogen-bond donors (Lipinski definition) is 2. The van der Waals surface area contributed by atoms with Crippen molar-refractivity contribution in [3.05, 3.63) is 0 Å². The van der Waals surface area contributed by atoms with Crippen LogP contribution < -0.4 is 0 Å². The van der Waals surface area contributed by atoms with E-state index in [0.29, 0.717) is 48.3 Å². The van der Waals surface area contributed by atoms with Crippen molar-refractivity contribution in [3.8, 4) is 0 Å². The third kappa shape index (κ3) is 5.10. The van der Waals surface area contributed by atoms with Crippen LogP contribution in [0, 0.1) is 46.3 Å². The van der Waals surface area contributed by atoms with Crippen molar-refractivity contribution in [2.75, 3.05) is 6.61 Å². The largest absolute Gasteiger partial charge is 0.460 e. The number of aliphatic hydroxyl groups is 2. The van der Waals surface area contributed by atoms with Crippen molar-refractivity contribution < 1.29 is 29.3 Å². The number of fused-ring (bicyclic) bond motifs is 5. The van der Waals surface area contributed by atoms with Crippen LogP contribution in [-0.2, 0) is 19.1 Å². The molecule has 0 aromatic heterocycles. The predicted octanol–water partition coefficient (Wildman–Crippen LogP) is 5.28. The average molecular weight is 507 g/mol. The van der Waals surface area contributed by atoms with Crippen LogP contribution in [0.25, 0.3) is 0 Å². The summed E-state index contributed by atoms with van der Waals surface area (Å²) in [6.45, 7) is 10.4. The molecule has 6 nitrogen and oxygen atoms in total. The Morgan fingerprint density at radius 3 is 2.44 bits per heavy atom. The number of ether oxygens (including phenoxy) is 2. The molecule has 1 unspecified atom stereocenters. The molecule has 6 heteroatoms. The van der Waals surface area contributed by atoms with Gasteiger partial charge in [-0.25, -0.2) is 4.79 Å². The van der Waals surface area contributed by atoms with Gasteiger partial charge in [-0.05, 0) is 117 Å². The van der Waals surface area contributed by atoms with Gasteiger partial charge in [0.25, 0.3) is 0 Å². The van der Waals surface area contributed by atoms with Gasteiger partial charge in [0, 0.05) is 6.42 Å². The molecule has 206 valence electrons. The summed E-state index contributed by atoms with van der Waals surface area (Å²) < 4.78 is 10.3. The Kier molecular flexibility index (Phi) is 8.46. The zero-order valence-corrected chi connectivity index (χ0v) is 23.2. The Balaban J connectivity index is 1.35. The molecule has 36 heavy (non-hydrogen) atoms. The predicted molar refractivity (Wildman–Crippen MR) is 138 cm³/mol. The Labute approximate surface area is 217 Å². The number of carbonyl (C=O) groups is 2. The Hall–Kier alpha value is -1.14. The molecule has 0 heterocycles. The monoisotopic (exact) mass is 506 g/mol. The second kappa shape index (κ2) is 10.9. The fourth-order valence-corrected chi connectivity index (χ4v) is 9.26. The normalized spacial score (nSPS) is 43.5. The standard InChI is InChI=1S/C30H50O6/c1-6-19(3)36-28(34)17-35-27(33)12-7-18(2)23-10-11-24-22-9-8-20-15-21(31)13-14-29(20,4)25(22)16-26(32)30(23,24)5/h18-26,31-32H,6-17H2,1-5H3/t18-,19?,20-,21-,22+,23-,24+,25+,26+,29+,30-/m1/s1. The topological polar surface area (TPSA) is 93.1 Å². The van der Waals surface area contributed by atoms with Crippen molar-refractivity contribution in [2.45, 2.75) is 124 Å². The number of hydrogen-bond acceptors (Lipinski definition) is 6. The van der Waals surface area contributed by atoms with Crippen LogP contribution in [0.15, 0.2) is 0 Å². The van der Waals surface area contributed by atoms with Crippen molar-refractivity contribution in [3.63, 3.8) is 0 Å². The molecule has 4 aliphatic rings. The fraction of sp³-hybridized carbons (Fsp3) is 0.933. The van der Waals surface area contributed by atoms with E-state index < -0.39 is 5.97 Å². The molecule has 4 fully saturated rings. The molecule has 4 aliphatic carbocycles. The number of aliphatic hydroxyl groups excluding tert-OH is 2. The second-order valence-corrected chi connectivity index (χ2v) is 13.3. The fourth-order valence-electron chi connectivity index (χ4n) is 9.26. The van der Waals surface area contributed by atoms with E-state index in [-0.39, 0.29) is 41.7 Å². The molecular weight excluding hydrogens is 456 g/mol. The molecular formula is C30H50O6. The molecule has 4 rings (SSSR count). The summed E-state index contributed by atoms with van der Waals surface area (Å²) >= 11 is 0. The first-order chi connectivity index (χ1) is 17.0. The molecule has 0 spiro atoms. The van der Waals surface area contributed by atoms with Gasteiger partial charge >= 0.3 is 11.9 Å². The molecule has 0 saturated heterocycles. The minimum Gasteiger partial charge on any atom is -0.460 e. The van der Waals surface area contributed by atoms with Crippen molar-refractivity contribution in [1.29, 1.82) is 0 Å². The number of esters is 2. The maximum atomic E-state index is 12.3. The van der Waals surface area contributed by atoms with Gasteiger partial charge in [-0.15, -0.1) is 0 Å². The van der Waals surface area contributed by atoms with Gasteiger partial charge in [-0.1, -0.05) is 27.7 Å². The van der Waals surface area contributed by atoms with Crippen LogP contribution in [0.2, 0.25) is 0 Å². The van der Waals surface area contributed by atoms with Gasteiger partial charge in [0.15, 0.2) is 6.61 Å². The Morgan fingerprint density at radius 1 is 0.972 bits per heavy atom. The highest BCUT2D eigenvalue weighted by atomic mass is 16.6. The van der Waals surface area contributed by atoms with Crippen LogP contribution in [0.1, 0.15) is 105 Å². The molecule has 11 atom stereocenters. The molecule has 0 amide bonds. The van der Waals surface area contributed by atoms with E-state index in [2.05, 4.69) is 20.8 Å². The maximum absolute atomic E-state index is 12.3. The van der Waals surface area contributed by atoms with Gasteiger partial charge < -0.3 is 19.7 Å². The van der Waals surface area contributed by atoms with E-state index in [9.17, 15) is 19.8 Å². The van der Waals surface area contributed by atoms with Gasteiger partial charge in [-0.2, -0.15) is 0 Å². The van der Waals surface area contributed by atoms with Crippen LogP contribution in [0.3, 0.4) is 0 Å². The molecule has 0 bridgehead atoms. The summed E-state index contributed by atoms with van der Waals surface area (Å²) in [5.41, 5.74) is 0.135. The smallest absolute Gasteiger partial charge is 0.344 e. The Bertz CT molecular complexity index is 798. The highest BCUT2D eigenvalue weighted by molar-refractivity contribution is 5.76. The lowest BCUT2D eigenvalue weighted by Gasteiger charge is -2.62. The van der Waals surface area contributed by atoms with Gasteiger partial charge in [-0.3, -0.25) is 4.79 Å². The lowest BCUT2D eigenvalue weighted by Crippen LogP contribution is -2.58. The van der Waals surface area contributed by atoms with E-state index in [0.717, 1.165) is 38.5 Å². The number of rotatable bonds is 8. The summed E-state index contributed by atoms with van der Waals surface area (Å²) in [4.78, 5) is 24.1. The first-order valence-corrected chi connectivity index (χ1v) is 14.7. The SMILES string of the molecule is CCC(C)OC(=O)COC(=O)CC[C@@H](C)[C@H]1CC[C@H]2[C@@H]3CC[C@@H]4C[C@H](O)CC[C@]4(C)[C@H]3C[C@H](O)[C@]12C. The second-order valence-electron chi connectivity index (χ2n) is 13.3. The van der Waals surface area contributed by atoms with E-state index in [1.165, 1.54) is 19.3 Å². The first-order valence-electron chi connectivity index (χ1n) is 14.7. The quantitative estimate of drug-likeness (QED) is 0.435. The summed E-state index contributed by atoms with van der Waals surface area (Å²) in [5, 5.41) is 22.0. The molecule has 4 saturated carbocycles. The van der Waals surface area contributed by atoms with E-state index in [4.69, 9.17) is 9.47 Å². The highest BCUT2D eigenvalue weighted by Gasteiger charge is 2.63. The van der Waals surface area contributed by atoms with Gasteiger partial charge in [0.1, 0.15) is 0 Å². The third-order valence-electron chi connectivity index (χ3n) is 11.6. The lowest BCUT2D eigenvalue weighted by atomic mass is 9.43. The van der Waals surface area contributed by atoms with Crippen molar-refractivity contribution in [2.24, 2.45) is 46.3 Å². The average Bonchev–Trinajstić information content (AvgIpc) is 3.21. The maximum Gasteiger partial charge on any atom is 0.344 e. The molecule has 0 aliphatic heterocycles. The zero-order chi connectivity index (χ0) is 26.3. The van der Waals surface area contributed by atoms with Crippen LogP contribution in [0.5, 0.6) is 0 Å². The van der Waals surface area contributed by atoms with Crippen molar-refractivity contribution in [1.82, 2.24) is 0 Å². The van der Waals surface area contributed by atoms with E-state index in [1.54, 1.807) is 0 Å². The van der Waals surface area contributed by atoms with Gasteiger partial charge in [0.2, 0.25) is 0 Å². The summed E-state index contributed by atoms with van der Waals surface area (Å²) in [6, 6.07) is 0. The van der Waals surface area contributed by atoms with Gasteiger partial charge in [0.05, 0.1) is 18.3 Å². The third-order valence-corrected chi connectivity index (χ3v) is 11.6. The highest BCUT2D eigenvalue weighted by Crippen LogP contribution is 2.68. The molecule has 0 aromatic rings. The summed E-state index contributed by atoms with van der Waals surface area (Å²) in [6.07, 6.45) is 9.62. The molecule has 2 N–H and O–H groups in total. The molecule has 0 aromatic carbocycles. The van der Waals surface area contributed by atoms with E-state index >= 15 is 0 Å². The van der Waals surface area contributed by atoms with Crippen LogP contribution >= 0.6 is 0 Å². The minimum atomic E-state index is -0.493. The Morgan fingerprint density at radius 2 is 1.72 bits per heavy atom. The van der Waals surface area contributed by atoms with E-state index in [1.807, 2.05) is 13.8 Å².